The Morgan fingerprint density at radius 3 is 2.64 bits per heavy atom. The Hall–Kier alpha value is -1.01. The van der Waals surface area contributed by atoms with Gasteiger partial charge >= 0.3 is 0 Å². The summed E-state index contributed by atoms with van der Waals surface area (Å²) in [6, 6.07) is 9.38. The highest BCUT2D eigenvalue weighted by Crippen LogP contribution is 2.02. The highest BCUT2D eigenvalue weighted by molar-refractivity contribution is 7.74. The molecule has 2 unspecified atom stereocenters. The van der Waals surface area contributed by atoms with Crippen molar-refractivity contribution in [1.82, 2.24) is 0 Å². The second-order valence-corrected chi connectivity index (χ2v) is 3.14. The van der Waals surface area contributed by atoms with E-state index in [0.29, 0.717) is 0 Å². The van der Waals surface area contributed by atoms with Crippen LogP contribution in [0.15, 0.2) is 36.4 Å². The van der Waals surface area contributed by atoms with Gasteiger partial charge in [-0.2, -0.15) is 0 Å². The molecule has 14 heavy (non-hydrogen) atoms. The molecule has 0 bridgehead atoms. The average molecular weight is 212 g/mol. The van der Waals surface area contributed by atoms with Crippen LogP contribution in [0.3, 0.4) is 0 Å². The van der Waals surface area contributed by atoms with Crippen molar-refractivity contribution in [1.29, 1.82) is 0 Å². The van der Waals surface area contributed by atoms with Crippen LogP contribution in [0.4, 0.5) is 0 Å². The molecule has 4 nitrogen and oxygen atoms in total. The highest BCUT2D eigenvalue weighted by Gasteiger charge is 1.95. The van der Waals surface area contributed by atoms with Crippen LogP contribution in [0, 0.1) is 0 Å². The van der Waals surface area contributed by atoms with Crippen LogP contribution < -0.4 is 5.73 Å². The summed E-state index contributed by atoms with van der Waals surface area (Å²) >= 11 is -2.58. The van der Waals surface area contributed by atoms with Gasteiger partial charge in [-0.3, -0.25) is 4.18 Å². The minimum atomic E-state index is -2.58. The van der Waals surface area contributed by atoms with Crippen LogP contribution in [0.1, 0.15) is 5.56 Å². The quantitative estimate of drug-likeness (QED) is 0.591. The van der Waals surface area contributed by atoms with Crippen LogP contribution in [-0.2, 0) is 15.5 Å². The second-order valence-electron chi connectivity index (χ2n) is 2.53. The third-order valence-electron chi connectivity index (χ3n) is 1.47. The third kappa shape index (κ3) is 4.29. The molecular formula is C9H10NO3S-. The zero-order valence-corrected chi connectivity index (χ0v) is 8.15. The maximum Gasteiger partial charge on any atom is 0.140 e. The number of hydrogen-bond acceptors (Lipinski definition) is 4. The maximum atomic E-state index is 10.1. The lowest BCUT2D eigenvalue weighted by Crippen LogP contribution is -2.21. The SMILES string of the molecule is NC(C=Cc1ccccc1)OS(=O)[O-]. The molecule has 76 valence electrons. The molecule has 2 atom stereocenters. The largest absolute Gasteiger partial charge is 0.750 e. The first-order valence-electron chi connectivity index (χ1n) is 3.94. The number of nitrogens with two attached hydrogens (primary N) is 1. The Bertz CT molecular complexity index is 326. The highest BCUT2D eigenvalue weighted by atomic mass is 32.2. The van der Waals surface area contributed by atoms with Gasteiger partial charge in [0.25, 0.3) is 0 Å². The van der Waals surface area contributed by atoms with Crippen molar-refractivity contribution in [2.45, 2.75) is 6.23 Å². The Balaban J connectivity index is 2.52. The molecular weight excluding hydrogens is 202 g/mol. The average Bonchev–Trinajstić information content (AvgIpc) is 2.15. The molecule has 0 radical (unpaired) electrons. The number of rotatable bonds is 4. The summed E-state index contributed by atoms with van der Waals surface area (Å²) in [5.74, 6) is 0. The third-order valence-corrected chi connectivity index (χ3v) is 1.85. The van der Waals surface area contributed by atoms with Crippen molar-refractivity contribution in [2.24, 2.45) is 5.73 Å². The predicted octanol–water partition coefficient (Wildman–Crippen LogP) is 0.795. The molecule has 5 heteroatoms. The fourth-order valence-electron chi connectivity index (χ4n) is 0.893. The van der Waals surface area contributed by atoms with Gasteiger partial charge in [0.05, 0.1) is 11.4 Å². The molecule has 1 rings (SSSR count). The van der Waals surface area contributed by atoms with E-state index in [1.165, 1.54) is 6.08 Å². The van der Waals surface area contributed by atoms with Crippen LogP contribution in [0.2, 0.25) is 0 Å². The van der Waals surface area contributed by atoms with Crippen LogP contribution in [-0.4, -0.2) is 15.0 Å². The standard InChI is InChI=1S/C9H11NO3S/c10-9(13-14(11)12)7-6-8-4-2-1-3-5-8/h1-7,9H,10H2,(H,11,12)/p-1. The molecule has 0 fully saturated rings. The maximum absolute atomic E-state index is 10.1. The monoisotopic (exact) mass is 212 g/mol. The Morgan fingerprint density at radius 2 is 2.07 bits per heavy atom. The van der Waals surface area contributed by atoms with E-state index in [1.807, 2.05) is 30.3 Å². The van der Waals surface area contributed by atoms with E-state index in [2.05, 4.69) is 4.18 Å². The van der Waals surface area contributed by atoms with E-state index in [1.54, 1.807) is 6.08 Å². The summed E-state index contributed by atoms with van der Waals surface area (Å²) in [6.07, 6.45) is 2.22. The molecule has 0 aliphatic carbocycles. The molecule has 2 N–H and O–H groups in total. The summed E-state index contributed by atoms with van der Waals surface area (Å²) in [4.78, 5) is 0. The zero-order chi connectivity index (χ0) is 10.4. The predicted molar refractivity (Wildman–Crippen MR) is 53.5 cm³/mol. The fourth-order valence-corrected chi connectivity index (χ4v) is 1.14. The Labute approximate surface area is 84.9 Å². The normalized spacial score (nSPS) is 15.6. The molecule has 0 aliphatic heterocycles. The van der Waals surface area contributed by atoms with Gasteiger partial charge in [0, 0.05) is 0 Å². The lowest BCUT2D eigenvalue weighted by atomic mass is 10.2. The molecule has 1 aromatic rings. The molecule has 0 saturated carbocycles. The molecule has 0 heterocycles. The molecule has 0 saturated heterocycles. The first kappa shape index (κ1) is 11.1. The van der Waals surface area contributed by atoms with Gasteiger partial charge in [-0.1, -0.05) is 36.4 Å². The van der Waals surface area contributed by atoms with Gasteiger partial charge in [0.1, 0.15) is 6.23 Å². The van der Waals surface area contributed by atoms with Gasteiger partial charge in [0.2, 0.25) is 0 Å². The van der Waals surface area contributed by atoms with Crippen molar-refractivity contribution < 1.29 is 12.9 Å². The van der Waals surface area contributed by atoms with E-state index >= 15 is 0 Å². The zero-order valence-electron chi connectivity index (χ0n) is 7.33. The van der Waals surface area contributed by atoms with Crippen molar-refractivity contribution in [2.75, 3.05) is 0 Å². The van der Waals surface area contributed by atoms with Crippen molar-refractivity contribution in [3.8, 4) is 0 Å². The van der Waals surface area contributed by atoms with Crippen LogP contribution in [0.25, 0.3) is 6.08 Å². The van der Waals surface area contributed by atoms with Gasteiger partial charge in [0.15, 0.2) is 0 Å². The van der Waals surface area contributed by atoms with E-state index in [4.69, 9.17) is 5.73 Å². The number of hydrogen-bond donors (Lipinski definition) is 1. The Kier molecular flexibility index (Phi) is 4.48. The van der Waals surface area contributed by atoms with Gasteiger partial charge < -0.3 is 10.3 Å². The van der Waals surface area contributed by atoms with E-state index < -0.39 is 17.6 Å². The summed E-state index contributed by atoms with van der Waals surface area (Å²) < 4.78 is 24.4. The van der Waals surface area contributed by atoms with Gasteiger partial charge in [-0.15, -0.1) is 0 Å². The summed E-state index contributed by atoms with van der Waals surface area (Å²) in [5, 5.41) is 0. The van der Waals surface area contributed by atoms with Crippen molar-refractivity contribution >= 4 is 17.4 Å². The van der Waals surface area contributed by atoms with Gasteiger partial charge in [-0.25, -0.2) is 4.21 Å². The van der Waals surface area contributed by atoms with Crippen molar-refractivity contribution in [3.05, 3.63) is 42.0 Å². The fraction of sp³-hybridized carbons (Fsp3) is 0.111. The summed E-state index contributed by atoms with van der Waals surface area (Å²) in [5.41, 5.74) is 6.25. The van der Waals surface area contributed by atoms with Gasteiger partial charge in [-0.05, 0) is 11.6 Å². The molecule has 0 aliphatic rings. The van der Waals surface area contributed by atoms with E-state index in [9.17, 15) is 8.76 Å². The minimum Gasteiger partial charge on any atom is -0.750 e. The van der Waals surface area contributed by atoms with E-state index in [0.717, 1.165) is 5.56 Å². The molecule has 0 spiro atoms. The first-order valence-corrected chi connectivity index (χ1v) is 4.94. The molecule has 1 aromatic carbocycles. The van der Waals surface area contributed by atoms with Crippen molar-refractivity contribution in [3.63, 3.8) is 0 Å². The summed E-state index contributed by atoms with van der Waals surface area (Å²) in [6.45, 7) is 0. The molecule has 0 aromatic heterocycles. The van der Waals surface area contributed by atoms with Crippen LogP contribution in [0.5, 0.6) is 0 Å². The Morgan fingerprint density at radius 1 is 1.43 bits per heavy atom. The van der Waals surface area contributed by atoms with E-state index in [-0.39, 0.29) is 0 Å². The lowest BCUT2D eigenvalue weighted by molar-refractivity contribution is 0.251. The number of benzene rings is 1. The van der Waals surface area contributed by atoms with Crippen LogP contribution >= 0.6 is 0 Å². The first-order chi connectivity index (χ1) is 6.68. The minimum absolute atomic E-state index is 0.934. The topological polar surface area (TPSA) is 75.4 Å². The smallest absolute Gasteiger partial charge is 0.140 e. The summed E-state index contributed by atoms with van der Waals surface area (Å²) in [7, 11) is 0. The molecule has 0 amide bonds. The second kappa shape index (κ2) is 5.66. The lowest BCUT2D eigenvalue weighted by Gasteiger charge is -2.09.